The molecule has 1 aliphatic carbocycles. The molecule has 1 aromatic carbocycles. The fourth-order valence-electron chi connectivity index (χ4n) is 4.53. The molecule has 0 spiro atoms. The van der Waals surface area contributed by atoms with E-state index in [1.807, 2.05) is 12.1 Å². The zero-order valence-electron chi connectivity index (χ0n) is 17.3. The number of pyridine rings is 1. The van der Waals surface area contributed by atoms with Crippen LogP contribution in [0.5, 0.6) is 5.75 Å². The van der Waals surface area contributed by atoms with Crippen LogP contribution in [-0.2, 0) is 16.2 Å². The third-order valence-electron chi connectivity index (χ3n) is 6.40. The molecule has 0 radical (unpaired) electrons. The summed E-state index contributed by atoms with van der Waals surface area (Å²) < 4.78 is 72.5. The maximum Gasteiger partial charge on any atom is 0.416 e. The van der Waals surface area contributed by atoms with Gasteiger partial charge in [0.15, 0.2) is 0 Å². The van der Waals surface area contributed by atoms with E-state index in [2.05, 4.69) is 9.88 Å². The SMILES string of the molecule is O=S(=O)(c1cccc(C(F)(F)F)c1)N1CCN2C[C@H](Oc3ccc(C4CC4)nc3)C[C@H]2C1. The summed E-state index contributed by atoms with van der Waals surface area (Å²) in [6.07, 6.45) is 0.101. The van der Waals surface area contributed by atoms with Gasteiger partial charge in [0.1, 0.15) is 11.9 Å². The predicted octanol–water partition coefficient (Wildman–Crippen LogP) is 3.50. The minimum atomic E-state index is -4.59. The van der Waals surface area contributed by atoms with E-state index in [-0.39, 0.29) is 30.1 Å². The van der Waals surface area contributed by atoms with Crippen LogP contribution in [0.4, 0.5) is 13.2 Å². The molecule has 0 unspecified atom stereocenters. The Morgan fingerprint density at radius 2 is 1.88 bits per heavy atom. The van der Waals surface area contributed by atoms with Gasteiger partial charge >= 0.3 is 6.18 Å². The van der Waals surface area contributed by atoms with E-state index in [0.29, 0.717) is 37.2 Å². The molecule has 2 saturated heterocycles. The van der Waals surface area contributed by atoms with Crippen molar-refractivity contribution >= 4 is 10.0 Å². The quantitative estimate of drug-likeness (QED) is 0.674. The number of sulfonamides is 1. The predicted molar refractivity (Wildman–Crippen MR) is 111 cm³/mol. The Bertz CT molecular complexity index is 1090. The van der Waals surface area contributed by atoms with Crippen molar-refractivity contribution in [1.82, 2.24) is 14.2 Å². The number of rotatable bonds is 5. The zero-order valence-corrected chi connectivity index (χ0v) is 18.1. The molecule has 3 fully saturated rings. The minimum absolute atomic E-state index is 0.0342. The van der Waals surface area contributed by atoms with Crippen molar-refractivity contribution in [2.24, 2.45) is 0 Å². The first-order valence-corrected chi connectivity index (χ1v) is 12.2. The first-order valence-electron chi connectivity index (χ1n) is 10.7. The van der Waals surface area contributed by atoms with Crippen LogP contribution in [0.25, 0.3) is 0 Å². The van der Waals surface area contributed by atoms with Gasteiger partial charge in [-0.15, -0.1) is 0 Å². The Labute approximate surface area is 185 Å². The summed E-state index contributed by atoms with van der Waals surface area (Å²) in [7, 11) is -4.01. The highest BCUT2D eigenvalue weighted by molar-refractivity contribution is 7.89. The largest absolute Gasteiger partial charge is 0.487 e. The van der Waals surface area contributed by atoms with E-state index < -0.39 is 21.8 Å². The third kappa shape index (κ3) is 4.35. The van der Waals surface area contributed by atoms with Crippen molar-refractivity contribution in [2.75, 3.05) is 26.2 Å². The molecule has 3 heterocycles. The van der Waals surface area contributed by atoms with Gasteiger partial charge in [-0.1, -0.05) is 6.07 Å². The lowest BCUT2D eigenvalue weighted by Crippen LogP contribution is -2.51. The topological polar surface area (TPSA) is 62.7 Å². The number of ether oxygens (including phenoxy) is 1. The van der Waals surface area contributed by atoms with E-state index in [4.69, 9.17) is 4.74 Å². The van der Waals surface area contributed by atoms with Crippen molar-refractivity contribution in [3.05, 3.63) is 53.9 Å². The number of hydrogen-bond acceptors (Lipinski definition) is 5. The first kappa shape index (κ1) is 21.7. The van der Waals surface area contributed by atoms with E-state index in [0.717, 1.165) is 17.8 Å². The van der Waals surface area contributed by atoms with Gasteiger partial charge in [0.2, 0.25) is 10.0 Å². The Balaban J connectivity index is 1.24. The first-order chi connectivity index (χ1) is 15.2. The number of aromatic nitrogens is 1. The molecule has 0 bridgehead atoms. The van der Waals surface area contributed by atoms with Crippen molar-refractivity contribution < 1.29 is 26.3 Å². The Kier molecular flexibility index (Phi) is 5.42. The molecule has 10 heteroatoms. The molecule has 32 heavy (non-hydrogen) atoms. The lowest BCUT2D eigenvalue weighted by molar-refractivity contribution is -0.137. The maximum atomic E-state index is 13.0. The van der Waals surface area contributed by atoms with Crippen molar-refractivity contribution in [3.8, 4) is 5.75 Å². The number of fused-ring (bicyclic) bond motifs is 1. The van der Waals surface area contributed by atoms with Gasteiger partial charge in [0, 0.05) is 50.3 Å². The van der Waals surface area contributed by atoms with Crippen LogP contribution in [-0.4, -0.2) is 60.9 Å². The molecule has 5 rings (SSSR count). The lowest BCUT2D eigenvalue weighted by Gasteiger charge is -2.36. The third-order valence-corrected chi connectivity index (χ3v) is 8.26. The van der Waals surface area contributed by atoms with Crippen molar-refractivity contribution in [1.29, 1.82) is 0 Å². The fourth-order valence-corrected chi connectivity index (χ4v) is 6.04. The average molecular weight is 468 g/mol. The normalized spacial score (nSPS) is 25.0. The van der Waals surface area contributed by atoms with Gasteiger partial charge in [-0.2, -0.15) is 17.5 Å². The number of benzene rings is 1. The zero-order chi connectivity index (χ0) is 22.5. The summed E-state index contributed by atoms with van der Waals surface area (Å²) in [5.41, 5.74) is 0.129. The van der Waals surface area contributed by atoms with E-state index in [9.17, 15) is 21.6 Å². The molecule has 6 nitrogen and oxygen atoms in total. The molecule has 0 amide bonds. The van der Waals surface area contributed by atoms with E-state index in [1.54, 1.807) is 6.20 Å². The second-order valence-electron chi connectivity index (χ2n) is 8.71. The standard InChI is InChI=1S/C22H24F3N3O3S/c23-22(24,25)16-2-1-3-20(10-16)32(29,30)28-9-8-27-14-19(11-17(27)13-28)31-18-6-7-21(26-12-18)15-4-5-15/h1-3,6-7,10,12,15,17,19H,4-5,8-9,11,13-14H2/t17-,19+/m0/s1. The summed E-state index contributed by atoms with van der Waals surface area (Å²) in [5, 5.41) is 0. The molecule has 2 aliphatic heterocycles. The molecule has 2 atom stereocenters. The maximum absolute atomic E-state index is 13.0. The van der Waals surface area contributed by atoms with Crippen LogP contribution in [0.2, 0.25) is 0 Å². The molecule has 1 aromatic heterocycles. The molecule has 3 aliphatic rings. The van der Waals surface area contributed by atoms with Crippen LogP contribution in [0.3, 0.4) is 0 Å². The van der Waals surface area contributed by atoms with Gasteiger partial charge in [-0.05, 0) is 43.2 Å². The van der Waals surface area contributed by atoms with Gasteiger partial charge in [-0.3, -0.25) is 9.88 Å². The highest BCUT2D eigenvalue weighted by atomic mass is 32.2. The molecule has 172 valence electrons. The van der Waals surface area contributed by atoms with E-state index in [1.165, 1.54) is 23.2 Å². The van der Waals surface area contributed by atoms with Gasteiger partial charge in [0.25, 0.3) is 0 Å². The number of hydrogen-bond donors (Lipinski definition) is 0. The van der Waals surface area contributed by atoms with Crippen LogP contribution >= 0.6 is 0 Å². The van der Waals surface area contributed by atoms with Gasteiger partial charge in [-0.25, -0.2) is 8.42 Å². The number of nitrogens with zero attached hydrogens (tertiary/aromatic N) is 3. The van der Waals surface area contributed by atoms with Crippen LogP contribution < -0.4 is 4.74 Å². The Morgan fingerprint density at radius 1 is 1.06 bits per heavy atom. The smallest absolute Gasteiger partial charge is 0.416 e. The summed E-state index contributed by atoms with van der Waals surface area (Å²) in [6.45, 7) is 1.67. The minimum Gasteiger partial charge on any atom is -0.487 e. The number of piperazine rings is 1. The van der Waals surface area contributed by atoms with E-state index >= 15 is 0 Å². The number of alkyl halides is 3. The number of halogens is 3. The van der Waals surface area contributed by atoms with Crippen LogP contribution in [0, 0.1) is 0 Å². The molecule has 1 saturated carbocycles. The average Bonchev–Trinajstić information content (AvgIpc) is 3.53. The monoisotopic (exact) mass is 467 g/mol. The van der Waals surface area contributed by atoms with Crippen LogP contribution in [0.15, 0.2) is 47.5 Å². The van der Waals surface area contributed by atoms with Crippen LogP contribution in [0.1, 0.15) is 36.4 Å². The fraction of sp³-hybridized carbons (Fsp3) is 0.500. The Morgan fingerprint density at radius 3 is 2.56 bits per heavy atom. The van der Waals surface area contributed by atoms with Gasteiger partial charge in [0.05, 0.1) is 16.7 Å². The summed E-state index contributed by atoms with van der Waals surface area (Å²) >= 11 is 0. The lowest BCUT2D eigenvalue weighted by atomic mass is 10.1. The second kappa shape index (κ2) is 8.00. The van der Waals surface area contributed by atoms with Gasteiger partial charge < -0.3 is 4.74 Å². The highest BCUT2D eigenvalue weighted by Crippen LogP contribution is 2.39. The molecular weight excluding hydrogens is 443 g/mol. The molecular formula is C22H24F3N3O3S. The second-order valence-corrected chi connectivity index (χ2v) is 10.6. The summed E-state index contributed by atoms with van der Waals surface area (Å²) in [6, 6.07) is 7.83. The highest BCUT2D eigenvalue weighted by Gasteiger charge is 2.41. The summed E-state index contributed by atoms with van der Waals surface area (Å²) in [4.78, 5) is 6.33. The molecule has 0 N–H and O–H groups in total. The van der Waals surface area contributed by atoms with Crippen molar-refractivity contribution in [2.45, 2.75) is 48.4 Å². The van der Waals surface area contributed by atoms with Crippen molar-refractivity contribution in [3.63, 3.8) is 0 Å². The molecule has 2 aromatic rings. The Hall–Kier alpha value is -2.17. The summed E-state index contributed by atoms with van der Waals surface area (Å²) in [5.74, 6) is 1.28.